The Balaban J connectivity index is 2.39. The summed E-state index contributed by atoms with van der Waals surface area (Å²) in [5.41, 5.74) is 5.72. The summed E-state index contributed by atoms with van der Waals surface area (Å²) in [5.74, 6) is 2.20. The van der Waals surface area contributed by atoms with Crippen molar-refractivity contribution in [1.82, 2.24) is 10.1 Å². The number of nitrogens with zero attached hydrogens (tertiary/aromatic N) is 2. The summed E-state index contributed by atoms with van der Waals surface area (Å²) < 4.78 is 5.18. The van der Waals surface area contributed by atoms with Crippen LogP contribution in [0.25, 0.3) is 0 Å². The molecule has 0 saturated carbocycles. The van der Waals surface area contributed by atoms with Gasteiger partial charge in [-0.25, -0.2) is 0 Å². The second kappa shape index (κ2) is 5.43. The second-order valence-electron chi connectivity index (χ2n) is 5.53. The van der Waals surface area contributed by atoms with Crippen molar-refractivity contribution in [3.05, 3.63) is 11.7 Å². The first-order valence-corrected chi connectivity index (χ1v) is 5.97. The lowest BCUT2D eigenvalue weighted by Crippen LogP contribution is -2.32. The molecule has 1 aromatic heterocycles. The Morgan fingerprint density at radius 2 is 2.00 bits per heavy atom. The zero-order valence-corrected chi connectivity index (χ0v) is 10.8. The molecule has 2 N–H and O–H groups in total. The normalized spacial score (nSPS) is 12.4. The van der Waals surface area contributed by atoms with Crippen LogP contribution in [-0.4, -0.2) is 15.7 Å². The molecule has 0 aromatic carbocycles. The molecule has 1 aromatic rings. The van der Waals surface area contributed by atoms with Crippen LogP contribution < -0.4 is 5.73 Å². The molecule has 16 heavy (non-hydrogen) atoms. The van der Waals surface area contributed by atoms with Crippen molar-refractivity contribution in [2.45, 2.75) is 58.9 Å². The van der Waals surface area contributed by atoms with E-state index in [4.69, 9.17) is 10.3 Å². The van der Waals surface area contributed by atoms with Gasteiger partial charge in [0.1, 0.15) is 0 Å². The highest BCUT2D eigenvalue weighted by Gasteiger charge is 2.14. The number of hydrogen-bond acceptors (Lipinski definition) is 4. The molecular weight excluding hydrogens is 202 g/mol. The monoisotopic (exact) mass is 225 g/mol. The molecule has 92 valence electrons. The maximum Gasteiger partial charge on any atom is 0.226 e. The Morgan fingerprint density at radius 3 is 2.56 bits per heavy atom. The van der Waals surface area contributed by atoms with E-state index in [1.165, 1.54) is 0 Å². The molecular formula is C12H23N3O. The molecule has 0 fully saturated rings. The molecule has 4 heteroatoms. The summed E-state index contributed by atoms with van der Waals surface area (Å²) in [6.45, 7) is 8.39. The minimum absolute atomic E-state index is 0.174. The summed E-state index contributed by atoms with van der Waals surface area (Å²) >= 11 is 0. The fourth-order valence-electron chi connectivity index (χ4n) is 1.34. The van der Waals surface area contributed by atoms with Gasteiger partial charge in [-0.3, -0.25) is 0 Å². The molecule has 0 amide bonds. The number of rotatable bonds is 6. The summed E-state index contributed by atoms with van der Waals surface area (Å²) in [5, 5.41) is 3.96. The first kappa shape index (κ1) is 13.2. The van der Waals surface area contributed by atoms with Crippen molar-refractivity contribution in [2.75, 3.05) is 0 Å². The Labute approximate surface area is 97.6 Å². The van der Waals surface area contributed by atoms with E-state index in [9.17, 15) is 0 Å². The first-order valence-electron chi connectivity index (χ1n) is 5.97. The van der Waals surface area contributed by atoms with Gasteiger partial charge in [0.25, 0.3) is 0 Å². The molecule has 1 rings (SSSR count). The molecule has 1 heterocycles. The summed E-state index contributed by atoms with van der Waals surface area (Å²) in [4.78, 5) is 4.35. The van der Waals surface area contributed by atoms with Crippen molar-refractivity contribution in [1.29, 1.82) is 0 Å². The fourth-order valence-corrected chi connectivity index (χ4v) is 1.34. The first-order chi connectivity index (χ1) is 7.37. The lowest BCUT2D eigenvalue weighted by atomic mass is 10.0. The van der Waals surface area contributed by atoms with Crippen LogP contribution in [0.4, 0.5) is 0 Å². The maximum atomic E-state index is 5.90. The summed E-state index contributed by atoms with van der Waals surface area (Å²) in [6, 6.07) is 0. The van der Waals surface area contributed by atoms with Crippen LogP contribution in [0.5, 0.6) is 0 Å². The highest BCUT2D eigenvalue weighted by molar-refractivity contribution is 4.89. The van der Waals surface area contributed by atoms with Gasteiger partial charge in [-0.2, -0.15) is 4.98 Å². The van der Waals surface area contributed by atoms with E-state index in [1.54, 1.807) is 0 Å². The number of hydrogen-bond donors (Lipinski definition) is 1. The summed E-state index contributed by atoms with van der Waals surface area (Å²) in [6.07, 6.45) is 3.62. The predicted molar refractivity (Wildman–Crippen MR) is 64.0 cm³/mol. The predicted octanol–water partition coefficient (Wildman–Crippen LogP) is 2.33. The third-order valence-electron chi connectivity index (χ3n) is 2.44. The smallest absolute Gasteiger partial charge is 0.226 e. The molecule has 0 bridgehead atoms. The van der Waals surface area contributed by atoms with Gasteiger partial charge < -0.3 is 10.3 Å². The zero-order valence-electron chi connectivity index (χ0n) is 10.8. The van der Waals surface area contributed by atoms with Crippen molar-refractivity contribution >= 4 is 0 Å². The van der Waals surface area contributed by atoms with Crippen LogP contribution in [0.3, 0.4) is 0 Å². The van der Waals surface area contributed by atoms with Crippen LogP contribution in [0.1, 0.15) is 52.3 Å². The van der Waals surface area contributed by atoms with Gasteiger partial charge in [0, 0.05) is 18.4 Å². The minimum Gasteiger partial charge on any atom is -0.339 e. The van der Waals surface area contributed by atoms with Crippen molar-refractivity contribution in [2.24, 2.45) is 11.7 Å². The van der Waals surface area contributed by atoms with Gasteiger partial charge >= 0.3 is 0 Å². The lowest BCUT2D eigenvalue weighted by Gasteiger charge is -2.16. The SMILES string of the molecule is CC(C)CCc1noc(CCC(C)(C)N)n1. The summed E-state index contributed by atoms with van der Waals surface area (Å²) in [7, 11) is 0. The fraction of sp³-hybridized carbons (Fsp3) is 0.833. The Morgan fingerprint density at radius 1 is 1.31 bits per heavy atom. The molecule has 0 atom stereocenters. The molecule has 0 aliphatic rings. The minimum atomic E-state index is -0.174. The van der Waals surface area contributed by atoms with E-state index in [2.05, 4.69) is 24.0 Å². The third-order valence-corrected chi connectivity index (χ3v) is 2.44. The lowest BCUT2D eigenvalue weighted by molar-refractivity contribution is 0.353. The third kappa shape index (κ3) is 5.26. The Kier molecular flexibility index (Phi) is 4.47. The number of aryl methyl sites for hydroxylation is 2. The molecule has 0 spiro atoms. The average molecular weight is 225 g/mol. The van der Waals surface area contributed by atoms with Crippen LogP contribution >= 0.6 is 0 Å². The van der Waals surface area contributed by atoms with E-state index >= 15 is 0 Å². The topological polar surface area (TPSA) is 64.9 Å². The van der Waals surface area contributed by atoms with Gasteiger partial charge in [0.15, 0.2) is 5.82 Å². The van der Waals surface area contributed by atoms with Gasteiger partial charge in [0.05, 0.1) is 0 Å². The quantitative estimate of drug-likeness (QED) is 0.807. The van der Waals surface area contributed by atoms with Gasteiger partial charge in [-0.1, -0.05) is 19.0 Å². The molecule has 0 aliphatic carbocycles. The van der Waals surface area contributed by atoms with Crippen molar-refractivity contribution in [3.63, 3.8) is 0 Å². The standard InChI is InChI=1S/C12H23N3O/c1-9(2)5-6-10-14-11(16-15-10)7-8-12(3,4)13/h9H,5-8,13H2,1-4H3. The van der Waals surface area contributed by atoms with Gasteiger partial charge in [-0.05, 0) is 32.6 Å². The number of nitrogens with two attached hydrogens (primary N) is 1. The number of aromatic nitrogens is 2. The van der Waals surface area contributed by atoms with Crippen LogP contribution in [-0.2, 0) is 12.8 Å². The maximum absolute atomic E-state index is 5.90. The van der Waals surface area contributed by atoms with E-state index in [-0.39, 0.29) is 5.54 Å². The molecule has 0 radical (unpaired) electrons. The van der Waals surface area contributed by atoms with Crippen LogP contribution in [0.2, 0.25) is 0 Å². The molecule has 4 nitrogen and oxygen atoms in total. The van der Waals surface area contributed by atoms with Gasteiger partial charge in [-0.15, -0.1) is 0 Å². The van der Waals surface area contributed by atoms with E-state index in [0.717, 1.165) is 31.5 Å². The Bertz CT molecular complexity index is 312. The largest absolute Gasteiger partial charge is 0.339 e. The highest BCUT2D eigenvalue weighted by atomic mass is 16.5. The van der Waals surface area contributed by atoms with E-state index < -0.39 is 0 Å². The van der Waals surface area contributed by atoms with Crippen molar-refractivity contribution < 1.29 is 4.52 Å². The van der Waals surface area contributed by atoms with Crippen LogP contribution in [0, 0.1) is 5.92 Å². The van der Waals surface area contributed by atoms with Crippen molar-refractivity contribution in [3.8, 4) is 0 Å². The van der Waals surface area contributed by atoms with E-state index in [1.807, 2.05) is 13.8 Å². The molecule has 0 saturated heterocycles. The zero-order chi connectivity index (χ0) is 12.2. The Hall–Kier alpha value is -0.900. The highest BCUT2D eigenvalue weighted by Crippen LogP contribution is 2.11. The average Bonchev–Trinajstić information content (AvgIpc) is 2.58. The molecule has 0 aliphatic heterocycles. The van der Waals surface area contributed by atoms with Crippen LogP contribution in [0.15, 0.2) is 4.52 Å². The molecule has 0 unspecified atom stereocenters. The second-order valence-corrected chi connectivity index (χ2v) is 5.53. The van der Waals surface area contributed by atoms with E-state index in [0.29, 0.717) is 11.8 Å². The van der Waals surface area contributed by atoms with Gasteiger partial charge in [0.2, 0.25) is 5.89 Å².